The largest absolute Gasteiger partial charge is 0.493 e. The smallest absolute Gasteiger partial charge is 0.223 e. The van der Waals surface area contributed by atoms with Crippen molar-refractivity contribution in [3.05, 3.63) is 59.4 Å². The molecule has 1 saturated carbocycles. The van der Waals surface area contributed by atoms with Crippen LogP contribution in [0, 0.1) is 19.8 Å². The molecular formula is C27H35N3O2. The number of para-hydroxylation sites is 2. The molecular weight excluding hydrogens is 398 g/mol. The van der Waals surface area contributed by atoms with Crippen LogP contribution in [0.1, 0.15) is 61.9 Å². The molecule has 0 spiro atoms. The summed E-state index contributed by atoms with van der Waals surface area (Å²) < 4.78 is 8.25. The number of benzene rings is 2. The van der Waals surface area contributed by atoms with Gasteiger partial charge in [0.1, 0.15) is 11.6 Å². The van der Waals surface area contributed by atoms with E-state index in [1.165, 1.54) is 30.4 Å². The van der Waals surface area contributed by atoms with Crippen LogP contribution in [-0.2, 0) is 17.9 Å². The van der Waals surface area contributed by atoms with Gasteiger partial charge in [0.15, 0.2) is 0 Å². The molecule has 32 heavy (non-hydrogen) atoms. The van der Waals surface area contributed by atoms with Crippen molar-refractivity contribution < 1.29 is 9.53 Å². The fourth-order valence-corrected chi connectivity index (χ4v) is 4.70. The first-order valence-electron chi connectivity index (χ1n) is 12.0. The maximum Gasteiger partial charge on any atom is 0.223 e. The van der Waals surface area contributed by atoms with Crippen molar-refractivity contribution >= 4 is 16.9 Å². The molecule has 4 rings (SSSR count). The van der Waals surface area contributed by atoms with E-state index in [2.05, 4.69) is 48.0 Å². The molecule has 1 fully saturated rings. The Morgan fingerprint density at radius 1 is 1.09 bits per heavy atom. The number of ether oxygens (including phenoxy) is 1. The van der Waals surface area contributed by atoms with E-state index in [0.29, 0.717) is 13.2 Å². The highest BCUT2D eigenvalue weighted by Gasteiger charge is 2.21. The predicted octanol–water partition coefficient (Wildman–Crippen LogP) is 5.71. The molecule has 0 unspecified atom stereocenters. The van der Waals surface area contributed by atoms with Gasteiger partial charge in [-0.1, -0.05) is 49.1 Å². The van der Waals surface area contributed by atoms with Crippen LogP contribution in [0.2, 0.25) is 0 Å². The summed E-state index contributed by atoms with van der Waals surface area (Å²) >= 11 is 0. The van der Waals surface area contributed by atoms with Gasteiger partial charge in [0, 0.05) is 12.5 Å². The van der Waals surface area contributed by atoms with Crippen LogP contribution < -0.4 is 10.1 Å². The van der Waals surface area contributed by atoms with Gasteiger partial charge >= 0.3 is 0 Å². The summed E-state index contributed by atoms with van der Waals surface area (Å²) in [6.07, 6.45) is 7.59. The van der Waals surface area contributed by atoms with E-state index < -0.39 is 0 Å². The van der Waals surface area contributed by atoms with E-state index in [9.17, 15) is 4.79 Å². The third-order valence-electron chi connectivity index (χ3n) is 6.49. The van der Waals surface area contributed by atoms with Gasteiger partial charge in [-0.15, -0.1) is 0 Å². The lowest BCUT2D eigenvalue weighted by molar-refractivity contribution is -0.126. The molecule has 1 N–H and O–H groups in total. The van der Waals surface area contributed by atoms with Crippen LogP contribution in [-0.4, -0.2) is 22.1 Å². The summed E-state index contributed by atoms with van der Waals surface area (Å²) in [7, 11) is 0. The zero-order valence-corrected chi connectivity index (χ0v) is 19.4. The van der Waals surface area contributed by atoms with Crippen LogP contribution in [0.15, 0.2) is 42.5 Å². The van der Waals surface area contributed by atoms with Crippen LogP contribution in [0.3, 0.4) is 0 Å². The Hall–Kier alpha value is -2.82. The molecule has 1 amide bonds. The second-order valence-electron chi connectivity index (χ2n) is 9.05. The van der Waals surface area contributed by atoms with Crippen molar-refractivity contribution in [1.29, 1.82) is 0 Å². The number of aryl methyl sites for hydroxylation is 3. The van der Waals surface area contributed by atoms with Crippen LogP contribution in [0.5, 0.6) is 5.75 Å². The topological polar surface area (TPSA) is 56.1 Å². The number of amides is 1. The highest BCUT2D eigenvalue weighted by atomic mass is 16.5. The number of nitrogens with zero attached hydrogens (tertiary/aromatic N) is 2. The first-order valence-corrected chi connectivity index (χ1v) is 12.0. The lowest BCUT2D eigenvalue weighted by atomic mass is 9.89. The number of hydrogen-bond acceptors (Lipinski definition) is 3. The summed E-state index contributed by atoms with van der Waals surface area (Å²) in [5.74, 6) is 2.26. The van der Waals surface area contributed by atoms with Crippen LogP contribution >= 0.6 is 0 Å². The molecule has 1 aliphatic rings. The van der Waals surface area contributed by atoms with E-state index in [1.54, 1.807) is 0 Å². The molecule has 0 radical (unpaired) electrons. The van der Waals surface area contributed by atoms with Crippen LogP contribution in [0.4, 0.5) is 0 Å². The number of rotatable bonds is 9. The third-order valence-corrected chi connectivity index (χ3v) is 6.49. The van der Waals surface area contributed by atoms with Gasteiger partial charge in [-0.3, -0.25) is 4.79 Å². The van der Waals surface area contributed by atoms with E-state index in [1.807, 2.05) is 18.2 Å². The SMILES string of the molecule is Cc1ccc(OCCCCn2c(CNC(=O)C3CCCCC3)nc3ccccc32)c(C)c1. The molecule has 170 valence electrons. The minimum Gasteiger partial charge on any atom is -0.493 e. The molecule has 0 saturated heterocycles. The molecule has 0 bridgehead atoms. The third kappa shape index (κ3) is 5.50. The van der Waals surface area contributed by atoms with Gasteiger partial charge in [0.05, 0.1) is 24.2 Å². The summed E-state index contributed by atoms with van der Waals surface area (Å²) in [5, 5.41) is 3.16. The van der Waals surface area contributed by atoms with Gasteiger partial charge in [0.2, 0.25) is 5.91 Å². The predicted molar refractivity (Wildman–Crippen MR) is 129 cm³/mol. The Kier molecular flexibility index (Phi) is 7.46. The Morgan fingerprint density at radius 2 is 1.91 bits per heavy atom. The molecule has 1 heterocycles. The second kappa shape index (κ2) is 10.7. The Bertz CT molecular complexity index is 1050. The number of nitrogens with one attached hydrogen (secondary N) is 1. The molecule has 0 aliphatic heterocycles. The van der Waals surface area contributed by atoms with Gasteiger partial charge in [-0.05, 0) is 63.3 Å². The number of carbonyl (C=O) groups excluding carboxylic acids is 1. The summed E-state index contributed by atoms with van der Waals surface area (Å²) in [6.45, 7) is 6.24. The highest BCUT2D eigenvalue weighted by molar-refractivity contribution is 5.79. The van der Waals surface area contributed by atoms with E-state index in [-0.39, 0.29) is 11.8 Å². The van der Waals surface area contributed by atoms with Gasteiger partial charge in [-0.25, -0.2) is 4.98 Å². The maximum atomic E-state index is 12.6. The van der Waals surface area contributed by atoms with Crippen molar-refractivity contribution in [3.8, 4) is 5.75 Å². The Morgan fingerprint density at radius 3 is 2.72 bits per heavy atom. The number of unbranched alkanes of at least 4 members (excludes halogenated alkanes) is 1. The molecule has 3 aromatic rings. The summed E-state index contributed by atoms with van der Waals surface area (Å²) in [5.41, 5.74) is 4.55. The first-order chi connectivity index (χ1) is 15.6. The van der Waals surface area contributed by atoms with E-state index in [4.69, 9.17) is 9.72 Å². The van der Waals surface area contributed by atoms with Gasteiger partial charge in [-0.2, -0.15) is 0 Å². The van der Waals surface area contributed by atoms with E-state index in [0.717, 1.165) is 54.8 Å². The van der Waals surface area contributed by atoms with Crippen molar-refractivity contribution in [3.63, 3.8) is 0 Å². The van der Waals surface area contributed by atoms with Gasteiger partial charge in [0.25, 0.3) is 0 Å². The quantitative estimate of drug-likeness (QED) is 0.440. The first kappa shape index (κ1) is 22.4. The van der Waals surface area contributed by atoms with Gasteiger partial charge < -0.3 is 14.6 Å². The van der Waals surface area contributed by atoms with Crippen molar-refractivity contribution in [2.75, 3.05) is 6.61 Å². The number of fused-ring (bicyclic) bond motifs is 1. The number of imidazole rings is 1. The summed E-state index contributed by atoms with van der Waals surface area (Å²) in [6, 6.07) is 14.5. The van der Waals surface area contributed by atoms with Crippen LogP contribution in [0.25, 0.3) is 11.0 Å². The second-order valence-corrected chi connectivity index (χ2v) is 9.05. The average molecular weight is 434 g/mol. The lowest BCUT2D eigenvalue weighted by Gasteiger charge is -2.20. The highest BCUT2D eigenvalue weighted by Crippen LogP contribution is 2.24. The minimum absolute atomic E-state index is 0.170. The Balaban J connectivity index is 1.34. The molecule has 2 aromatic carbocycles. The number of carbonyl (C=O) groups is 1. The van der Waals surface area contributed by atoms with E-state index >= 15 is 0 Å². The molecule has 5 nitrogen and oxygen atoms in total. The normalized spacial score (nSPS) is 14.6. The number of hydrogen-bond donors (Lipinski definition) is 1. The molecule has 1 aliphatic carbocycles. The Labute approximate surface area is 191 Å². The average Bonchev–Trinajstić information content (AvgIpc) is 3.16. The van der Waals surface area contributed by atoms with Crippen molar-refractivity contribution in [2.45, 2.75) is 71.9 Å². The molecule has 5 heteroatoms. The minimum atomic E-state index is 0.170. The molecule has 0 atom stereocenters. The zero-order valence-electron chi connectivity index (χ0n) is 19.4. The fourth-order valence-electron chi connectivity index (χ4n) is 4.70. The lowest BCUT2D eigenvalue weighted by Crippen LogP contribution is -2.32. The monoisotopic (exact) mass is 433 g/mol. The fraction of sp³-hybridized carbons (Fsp3) is 0.481. The number of aromatic nitrogens is 2. The van der Waals surface area contributed by atoms with Crippen molar-refractivity contribution in [2.24, 2.45) is 5.92 Å². The maximum absolute atomic E-state index is 12.6. The van der Waals surface area contributed by atoms with Crippen molar-refractivity contribution in [1.82, 2.24) is 14.9 Å². The molecule has 1 aromatic heterocycles. The zero-order chi connectivity index (χ0) is 22.3. The standard InChI is InChI=1S/C27H35N3O2/c1-20-14-15-25(21(2)18-20)32-17-9-8-16-30-24-13-7-6-12-23(24)29-26(30)19-28-27(31)22-10-4-3-5-11-22/h6-7,12-15,18,22H,3-5,8-11,16-17,19H2,1-2H3,(H,28,31). The summed E-state index contributed by atoms with van der Waals surface area (Å²) in [4.78, 5) is 17.4.